The van der Waals surface area contributed by atoms with Gasteiger partial charge in [-0.05, 0) is 56.7 Å². The zero-order valence-electron chi connectivity index (χ0n) is 26.7. The van der Waals surface area contributed by atoms with Gasteiger partial charge < -0.3 is 34.8 Å². The molecule has 0 bridgehead atoms. The fourth-order valence-corrected chi connectivity index (χ4v) is 5.80. The summed E-state index contributed by atoms with van der Waals surface area (Å²) in [6.45, 7) is 3.48. The Labute approximate surface area is 273 Å². The zero-order chi connectivity index (χ0) is 33.3. The maximum Gasteiger partial charge on any atom is 0.409 e. The fourth-order valence-electron chi connectivity index (χ4n) is 5.80. The van der Waals surface area contributed by atoms with Gasteiger partial charge >= 0.3 is 6.09 Å². The SMILES string of the molecule is CCCCOC(=O)N1CCN(C(=O)CNC(=O)c2cc(OCC(=O)N3CCCC3C(=O)NC3CCC3)c3ccc(C#N)cc3n2)CC1. The van der Waals surface area contributed by atoms with Gasteiger partial charge in [0.05, 0.1) is 30.3 Å². The van der Waals surface area contributed by atoms with E-state index in [4.69, 9.17) is 9.47 Å². The maximum atomic E-state index is 13.2. The van der Waals surface area contributed by atoms with E-state index >= 15 is 0 Å². The van der Waals surface area contributed by atoms with E-state index in [1.807, 2.05) is 13.0 Å². The van der Waals surface area contributed by atoms with E-state index in [9.17, 15) is 29.2 Å². The average molecular weight is 648 g/mol. The molecule has 47 heavy (non-hydrogen) atoms. The topological polar surface area (TPSA) is 174 Å². The number of pyridine rings is 1. The van der Waals surface area contributed by atoms with Crippen LogP contribution < -0.4 is 15.4 Å². The molecule has 14 nitrogen and oxygen atoms in total. The molecule has 2 saturated heterocycles. The molecular formula is C33H41N7O7. The highest BCUT2D eigenvalue weighted by molar-refractivity contribution is 5.99. The lowest BCUT2D eigenvalue weighted by atomic mass is 9.93. The van der Waals surface area contributed by atoms with Crippen molar-refractivity contribution >= 4 is 40.6 Å². The van der Waals surface area contributed by atoms with Crippen LogP contribution in [0.25, 0.3) is 10.9 Å². The second-order valence-electron chi connectivity index (χ2n) is 12.0. The van der Waals surface area contributed by atoms with Crippen molar-refractivity contribution in [1.82, 2.24) is 30.3 Å². The van der Waals surface area contributed by atoms with E-state index in [0.717, 1.165) is 32.1 Å². The predicted octanol–water partition coefficient (Wildman–Crippen LogP) is 1.96. The number of nitriles is 1. The molecule has 1 atom stereocenters. The number of nitrogens with zero attached hydrogens (tertiary/aromatic N) is 5. The van der Waals surface area contributed by atoms with Gasteiger partial charge in [0.25, 0.3) is 11.8 Å². The highest BCUT2D eigenvalue weighted by Gasteiger charge is 2.36. The smallest absolute Gasteiger partial charge is 0.409 e. The van der Waals surface area contributed by atoms with E-state index < -0.39 is 18.0 Å². The monoisotopic (exact) mass is 647 g/mol. The normalized spacial score (nSPS) is 17.9. The van der Waals surface area contributed by atoms with Crippen LogP contribution >= 0.6 is 0 Å². The van der Waals surface area contributed by atoms with Gasteiger partial charge in [0.1, 0.15) is 17.5 Å². The fraction of sp³-hybridized carbons (Fsp3) is 0.545. The number of benzene rings is 1. The quantitative estimate of drug-likeness (QED) is 0.346. The van der Waals surface area contributed by atoms with Gasteiger partial charge in [0.2, 0.25) is 11.8 Å². The van der Waals surface area contributed by atoms with Crippen molar-refractivity contribution in [2.75, 3.05) is 52.5 Å². The van der Waals surface area contributed by atoms with Crippen LogP contribution in [-0.2, 0) is 19.1 Å². The number of rotatable bonds is 11. The van der Waals surface area contributed by atoms with Crippen molar-refractivity contribution < 1.29 is 33.4 Å². The number of carbonyl (C=O) groups is 5. The minimum atomic E-state index is -0.635. The minimum absolute atomic E-state index is 0.0543. The third-order valence-electron chi connectivity index (χ3n) is 8.83. The Morgan fingerprint density at radius 3 is 2.45 bits per heavy atom. The third-order valence-corrected chi connectivity index (χ3v) is 8.83. The second-order valence-corrected chi connectivity index (χ2v) is 12.0. The standard InChI is InChI=1S/C33H41N7O7/c1-2-3-16-46-33(45)39-14-12-38(13-15-39)29(41)20-35-31(43)26-18-28(24-10-9-22(19-34)17-25(24)37-26)47-21-30(42)40-11-5-8-27(40)32(44)36-23-6-4-7-23/h9-10,17-18,23,27H,2-8,11-16,20-21H2,1H3,(H,35,43)(H,36,44). The highest BCUT2D eigenvalue weighted by Crippen LogP contribution is 2.27. The molecular weight excluding hydrogens is 606 g/mol. The molecule has 3 fully saturated rings. The number of aromatic nitrogens is 1. The number of unbranched alkanes of at least 4 members (excludes halogenated alkanes) is 1. The van der Waals surface area contributed by atoms with Gasteiger partial charge in [-0.25, -0.2) is 9.78 Å². The molecule has 250 valence electrons. The van der Waals surface area contributed by atoms with Crippen LogP contribution in [0.15, 0.2) is 24.3 Å². The van der Waals surface area contributed by atoms with Crippen LogP contribution in [0.4, 0.5) is 4.79 Å². The van der Waals surface area contributed by atoms with Gasteiger partial charge in [0, 0.05) is 50.2 Å². The van der Waals surface area contributed by atoms with Crippen molar-refractivity contribution in [3.63, 3.8) is 0 Å². The van der Waals surface area contributed by atoms with Crippen LogP contribution in [0, 0.1) is 11.3 Å². The summed E-state index contributed by atoms with van der Waals surface area (Å²) in [5.41, 5.74) is 0.582. The van der Waals surface area contributed by atoms with Crippen molar-refractivity contribution in [2.24, 2.45) is 0 Å². The maximum absolute atomic E-state index is 13.2. The molecule has 0 spiro atoms. The number of nitrogens with one attached hydrogen (secondary N) is 2. The third kappa shape index (κ3) is 8.27. The summed E-state index contributed by atoms with van der Waals surface area (Å²) in [4.78, 5) is 73.3. The lowest BCUT2D eigenvalue weighted by Crippen LogP contribution is -2.52. The molecule has 5 amide bonds. The first-order valence-corrected chi connectivity index (χ1v) is 16.3. The summed E-state index contributed by atoms with van der Waals surface area (Å²) in [7, 11) is 0. The van der Waals surface area contributed by atoms with E-state index in [-0.39, 0.29) is 48.4 Å². The van der Waals surface area contributed by atoms with Gasteiger partial charge in [-0.3, -0.25) is 19.2 Å². The summed E-state index contributed by atoms with van der Waals surface area (Å²) in [5.74, 6) is -1.22. The van der Waals surface area contributed by atoms with Gasteiger partial charge in [-0.15, -0.1) is 0 Å². The molecule has 1 aliphatic carbocycles. The van der Waals surface area contributed by atoms with Gasteiger partial charge in [-0.1, -0.05) is 13.3 Å². The molecule has 1 unspecified atom stereocenters. The van der Waals surface area contributed by atoms with Gasteiger partial charge in [-0.2, -0.15) is 5.26 Å². The van der Waals surface area contributed by atoms with E-state index in [1.165, 1.54) is 12.1 Å². The number of amides is 5. The summed E-state index contributed by atoms with van der Waals surface area (Å²) in [6, 6.07) is 7.81. The Hall–Kier alpha value is -4.93. The van der Waals surface area contributed by atoms with Crippen LogP contribution in [0.5, 0.6) is 5.75 Å². The summed E-state index contributed by atoms with van der Waals surface area (Å²) >= 11 is 0. The van der Waals surface area contributed by atoms with Crippen molar-refractivity contribution in [1.29, 1.82) is 5.26 Å². The lowest BCUT2D eigenvalue weighted by molar-refractivity contribution is -0.140. The number of likely N-dealkylation sites (tertiary alicyclic amines) is 1. The average Bonchev–Trinajstić information content (AvgIpc) is 3.57. The molecule has 1 aromatic carbocycles. The minimum Gasteiger partial charge on any atom is -0.483 e. The Bertz CT molecular complexity index is 1550. The number of hydrogen-bond donors (Lipinski definition) is 2. The number of piperazine rings is 1. The van der Waals surface area contributed by atoms with E-state index in [2.05, 4.69) is 15.6 Å². The Kier molecular flexibility index (Phi) is 11.1. The molecule has 3 heterocycles. The molecule has 3 aliphatic rings. The highest BCUT2D eigenvalue weighted by atomic mass is 16.6. The lowest BCUT2D eigenvalue weighted by Gasteiger charge is -2.34. The summed E-state index contributed by atoms with van der Waals surface area (Å²) in [6.07, 6.45) is 5.63. The van der Waals surface area contributed by atoms with Crippen LogP contribution in [0.1, 0.15) is 67.9 Å². The largest absolute Gasteiger partial charge is 0.483 e. The Morgan fingerprint density at radius 2 is 1.74 bits per heavy atom. The number of fused-ring (bicyclic) bond motifs is 1. The molecule has 2 aliphatic heterocycles. The van der Waals surface area contributed by atoms with Crippen molar-refractivity contribution in [3.05, 3.63) is 35.5 Å². The second kappa shape index (κ2) is 15.6. The predicted molar refractivity (Wildman–Crippen MR) is 169 cm³/mol. The van der Waals surface area contributed by atoms with E-state index in [0.29, 0.717) is 68.6 Å². The first kappa shape index (κ1) is 33.4. The molecule has 0 radical (unpaired) electrons. The summed E-state index contributed by atoms with van der Waals surface area (Å²) in [5, 5.41) is 15.5. The molecule has 2 aromatic rings. The molecule has 1 aromatic heterocycles. The van der Waals surface area contributed by atoms with Crippen molar-refractivity contribution in [3.8, 4) is 11.8 Å². The number of carbonyl (C=O) groups excluding carboxylic acids is 5. The van der Waals surface area contributed by atoms with Gasteiger partial charge in [0.15, 0.2) is 6.61 Å². The van der Waals surface area contributed by atoms with Crippen LogP contribution in [-0.4, -0.2) is 114 Å². The molecule has 1 saturated carbocycles. The molecule has 5 rings (SSSR count). The Balaban J connectivity index is 1.20. The molecule has 14 heteroatoms. The van der Waals surface area contributed by atoms with Crippen molar-refractivity contribution in [2.45, 2.75) is 64.0 Å². The van der Waals surface area contributed by atoms with Crippen LogP contribution in [0.2, 0.25) is 0 Å². The Morgan fingerprint density at radius 1 is 0.979 bits per heavy atom. The number of hydrogen-bond acceptors (Lipinski definition) is 9. The first-order valence-electron chi connectivity index (χ1n) is 16.3. The molecule has 2 N–H and O–H groups in total. The summed E-state index contributed by atoms with van der Waals surface area (Å²) < 4.78 is 11.2. The van der Waals surface area contributed by atoms with Crippen LogP contribution in [0.3, 0.4) is 0 Å². The first-order chi connectivity index (χ1) is 22.8. The van der Waals surface area contributed by atoms with E-state index in [1.54, 1.807) is 26.8 Å². The number of ether oxygens (including phenoxy) is 2. The zero-order valence-corrected chi connectivity index (χ0v) is 26.7.